The highest BCUT2D eigenvalue weighted by Gasteiger charge is 2.53. The second-order valence-corrected chi connectivity index (χ2v) is 6.33. The molecule has 0 spiro atoms. The predicted octanol–water partition coefficient (Wildman–Crippen LogP) is 2.90. The summed E-state index contributed by atoms with van der Waals surface area (Å²) in [7, 11) is 0. The minimum Gasteiger partial charge on any atom is -0.360 e. The molecule has 7 nitrogen and oxygen atoms in total. The zero-order chi connectivity index (χ0) is 16.0. The largest absolute Gasteiger partial charge is 0.360 e. The molecule has 1 aliphatic rings. The molecule has 3 aromatic rings. The first kappa shape index (κ1) is 13.9. The van der Waals surface area contributed by atoms with E-state index in [2.05, 4.69) is 15.3 Å². The van der Waals surface area contributed by atoms with Gasteiger partial charge in [0.05, 0.1) is 5.69 Å². The number of hydrogen-bond donors (Lipinski definition) is 2. The van der Waals surface area contributed by atoms with E-state index in [1.54, 1.807) is 0 Å². The average molecular weight is 328 g/mol. The van der Waals surface area contributed by atoms with Crippen molar-refractivity contribution < 1.29 is 9.72 Å². The van der Waals surface area contributed by atoms with Crippen molar-refractivity contribution in [3.05, 3.63) is 46.0 Å². The molecule has 1 saturated carbocycles. The van der Waals surface area contributed by atoms with Gasteiger partial charge in [0.25, 0.3) is 0 Å². The van der Waals surface area contributed by atoms with Gasteiger partial charge in [-0.15, -0.1) is 11.3 Å². The van der Waals surface area contributed by atoms with Crippen molar-refractivity contribution in [2.24, 2.45) is 5.92 Å². The van der Waals surface area contributed by atoms with Crippen LogP contribution < -0.4 is 5.32 Å². The molecule has 116 valence electrons. The third-order valence-corrected chi connectivity index (χ3v) is 4.72. The number of nitro groups is 1. The number of amides is 1. The highest BCUT2D eigenvalue weighted by Crippen LogP contribution is 2.35. The molecular formula is C15H12N4O3S. The van der Waals surface area contributed by atoms with Gasteiger partial charge in [-0.25, -0.2) is 4.98 Å². The van der Waals surface area contributed by atoms with Crippen molar-refractivity contribution in [1.82, 2.24) is 9.97 Å². The standard InChI is InChI=1S/C15H12N4O3S/c20-14(9-5-13(9)19(21)22)18-15-17-12(7-23-15)10-6-16-11-4-2-1-3-8(10)11/h1-4,6-7,9,13,16H,5H2,(H,17,18,20)/t9-,13+/m0/s1. The minimum atomic E-state index is -0.747. The Bertz CT molecular complexity index is 916. The first-order valence-corrected chi connectivity index (χ1v) is 7.98. The summed E-state index contributed by atoms with van der Waals surface area (Å²) in [6.07, 6.45) is 2.19. The van der Waals surface area contributed by atoms with Crippen LogP contribution in [0.15, 0.2) is 35.8 Å². The lowest BCUT2D eigenvalue weighted by Gasteiger charge is -1.98. The molecule has 2 N–H and O–H groups in total. The number of thiazole rings is 1. The Morgan fingerprint density at radius 2 is 2.26 bits per heavy atom. The molecule has 0 aliphatic heterocycles. The van der Waals surface area contributed by atoms with Crippen LogP contribution in [0.25, 0.3) is 22.2 Å². The number of carbonyl (C=O) groups excluding carboxylic acids is 1. The van der Waals surface area contributed by atoms with E-state index in [1.165, 1.54) is 11.3 Å². The van der Waals surface area contributed by atoms with Crippen LogP contribution in [0.1, 0.15) is 6.42 Å². The number of anilines is 1. The summed E-state index contributed by atoms with van der Waals surface area (Å²) < 4.78 is 0. The SMILES string of the molecule is O=C(Nc1nc(-c2c[nH]c3ccccc23)cs1)[C@H]1C[C@H]1[N+](=O)[O-]. The third-order valence-electron chi connectivity index (χ3n) is 3.96. The Balaban J connectivity index is 1.53. The number of aromatic amines is 1. The Labute approximate surface area is 134 Å². The number of benzene rings is 1. The van der Waals surface area contributed by atoms with Crippen molar-refractivity contribution in [2.75, 3.05) is 5.32 Å². The molecule has 2 aromatic heterocycles. The molecule has 2 heterocycles. The number of aromatic nitrogens is 2. The first-order chi connectivity index (χ1) is 11.1. The maximum Gasteiger partial charge on any atom is 0.236 e. The topological polar surface area (TPSA) is 101 Å². The molecule has 1 aliphatic carbocycles. The first-order valence-electron chi connectivity index (χ1n) is 7.10. The van der Waals surface area contributed by atoms with E-state index < -0.39 is 16.9 Å². The molecule has 23 heavy (non-hydrogen) atoms. The van der Waals surface area contributed by atoms with Gasteiger partial charge in [0.15, 0.2) is 5.13 Å². The normalized spacial score (nSPS) is 19.7. The van der Waals surface area contributed by atoms with Gasteiger partial charge in [-0.05, 0) is 6.07 Å². The minimum absolute atomic E-state index is 0.305. The monoisotopic (exact) mass is 328 g/mol. The molecule has 8 heteroatoms. The summed E-state index contributed by atoms with van der Waals surface area (Å²) in [6.45, 7) is 0. The van der Waals surface area contributed by atoms with Gasteiger partial charge in [-0.2, -0.15) is 0 Å². The lowest BCUT2D eigenvalue weighted by molar-refractivity contribution is -0.497. The number of fused-ring (bicyclic) bond motifs is 1. The summed E-state index contributed by atoms with van der Waals surface area (Å²) in [5.41, 5.74) is 2.75. The zero-order valence-corrected chi connectivity index (χ0v) is 12.7. The molecule has 1 fully saturated rings. The number of H-pyrrole nitrogens is 1. The van der Waals surface area contributed by atoms with E-state index in [1.807, 2.05) is 35.8 Å². The summed E-state index contributed by atoms with van der Waals surface area (Å²) in [6, 6.07) is 7.16. The second-order valence-electron chi connectivity index (χ2n) is 5.47. The Morgan fingerprint density at radius 3 is 3.04 bits per heavy atom. The molecule has 0 unspecified atom stereocenters. The molecule has 0 bridgehead atoms. The van der Waals surface area contributed by atoms with E-state index in [9.17, 15) is 14.9 Å². The van der Waals surface area contributed by atoms with Crippen LogP contribution in [0, 0.1) is 16.0 Å². The third kappa shape index (κ3) is 2.46. The molecule has 1 amide bonds. The van der Waals surface area contributed by atoms with E-state index in [0.29, 0.717) is 11.6 Å². The van der Waals surface area contributed by atoms with Crippen LogP contribution in [-0.4, -0.2) is 26.8 Å². The summed E-state index contributed by atoms with van der Waals surface area (Å²) in [5.74, 6) is -0.864. The fourth-order valence-corrected chi connectivity index (χ4v) is 3.35. The number of rotatable bonds is 4. The lowest BCUT2D eigenvalue weighted by Crippen LogP contribution is -2.18. The van der Waals surface area contributed by atoms with Gasteiger partial charge < -0.3 is 10.3 Å². The summed E-state index contributed by atoms with van der Waals surface area (Å²) in [4.78, 5) is 29.8. The van der Waals surface area contributed by atoms with E-state index in [-0.39, 0.29) is 5.91 Å². The Kier molecular flexibility index (Phi) is 3.12. The van der Waals surface area contributed by atoms with Crippen LogP contribution in [-0.2, 0) is 4.79 Å². The Morgan fingerprint density at radius 1 is 1.43 bits per heavy atom. The van der Waals surface area contributed by atoms with Gasteiger partial charge in [0.1, 0.15) is 5.92 Å². The maximum atomic E-state index is 11.9. The lowest BCUT2D eigenvalue weighted by atomic mass is 10.1. The van der Waals surface area contributed by atoms with Gasteiger partial charge in [0.2, 0.25) is 11.9 Å². The molecule has 2 atom stereocenters. The fourth-order valence-electron chi connectivity index (χ4n) is 2.63. The smallest absolute Gasteiger partial charge is 0.236 e. The zero-order valence-electron chi connectivity index (χ0n) is 11.9. The molecular weight excluding hydrogens is 316 g/mol. The van der Waals surface area contributed by atoms with Gasteiger partial charge in [-0.3, -0.25) is 14.9 Å². The van der Waals surface area contributed by atoms with Gasteiger partial charge >= 0.3 is 0 Å². The van der Waals surface area contributed by atoms with Gasteiger partial charge in [-0.1, -0.05) is 18.2 Å². The highest BCUT2D eigenvalue weighted by atomic mass is 32.1. The van der Waals surface area contributed by atoms with E-state index >= 15 is 0 Å². The van der Waals surface area contributed by atoms with Gasteiger partial charge in [0, 0.05) is 39.4 Å². The average Bonchev–Trinajstić information content (AvgIpc) is 3.05. The van der Waals surface area contributed by atoms with E-state index in [0.717, 1.165) is 22.2 Å². The number of nitrogens with one attached hydrogen (secondary N) is 2. The molecule has 0 radical (unpaired) electrons. The predicted molar refractivity (Wildman–Crippen MR) is 86.9 cm³/mol. The van der Waals surface area contributed by atoms with Crippen LogP contribution in [0.2, 0.25) is 0 Å². The highest BCUT2D eigenvalue weighted by molar-refractivity contribution is 7.14. The van der Waals surface area contributed by atoms with Crippen molar-refractivity contribution in [1.29, 1.82) is 0 Å². The van der Waals surface area contributed by atoms with Crippen molar-refractivity contribution in [3.63, 3.8) is 0 Å². The number of para-hydroxylation sites is 1. The Hall–Kier alpha value is -2.74. The quantitative estimate of drug-likeness (QED) is 0.568. The molecule has 1 aromatic carbocycles. The van der Waals surface area contributed by atoms with Crippen LogP contribution in [0.3, 0.4) is 0 Å². The molecule has 0 saturated heterocycles. The van der Waals surface area contributed by atoms with Crippen molar-refractivity contribution in [3.8, 4) is 11.3 Å². The van der Waals surface area contributed by atoms with Crippen molar-refractivity contribution in [2.45, 2.75) is 12.5 Å². The van der Waals surface area contributed by atoms with Crippen molar-refractivity contribution >= 4 is 33.3 Å². The fraction of sp³-hybridized carbons (Fsp3) is 0.200. The van der Waals surface area contributed by atoms with Crippen LogP contribution >= 0.6 is 11.3 Å². The number of carbonyl (C=O) groups is 1. The van der Waals surface area contributed by atoms with E-state index in [4.69, 9.17) is 0 Å². The number of hydrogen-bond acceptors (Lipinski definition) is 5. The summed E-state index contributed by atoms with van der Waals surface area (Å²) >= 11 is 1.31. The van der Waals surface area contributed by atoms with Crippen LogP contribution in [0.5, 0.6) is 0 Å². The molecule has 4 rings (SSSR count). The summed E-state index contributed by atoms with van der Waals surface area (Å²) in [5, 5.41) is 16.7. The number of nitrogens with zero attached hydrogens (tertiary/aromatic N) is 2. The maximum absolute atomic E-state index is 11.9. The second kappa shape index (κ2) is 5.17. The van der Waals surface area contributed by atoms with Crippen LogP contribution in [0.4, 0.5) is 5.13 Å².